The SMILES string of the molecule is CCc1ccc(C(=O)NNC(=O)CSCc2cccc(C)c2)cc1. The van der Waals surface area contributed by atoms with Gasteiger partial charge in [0.15, 0.2) is 0 Å². The average molecular weight is 342 g/mol. The standard InChI is InChI=1S/C19H22N2O2S/c1-3-15-7-9-17(10-8-15)19(23)21-20-18(22)13-24-12-16-6-4-5-14(2)11-16/h4-11H,3,12-13H2,1-2H3,(H,20,22)(H,21,23). The van der Waals surface area contributed by atoms with E-state index < -0.39 is 0 Å². The van der Waals surface area contributed by atoms with Crippen LogP contribution < -0.4 is 10.9 Å². The van der Waals surface area contributed by atoms with Crippen molar-refractivity contribution in [2.75, 3.05) is 5.75 Å². The van der Waals surface area contributed by atoms with E-state index in [1.807, 2.05) is 37.3 Å². The Bertz CT molecular complexity index is 699. The number of thioether (sulfide) groups is 1. The Morgan fingerprint density at radius 1 is 1.00 bits per heavy atom. The quantitative estimate of drug-likeness (QED) is 0.792. The number of rotatable bonds is 6. The normalized spacial score (nSPS) is 10.2. The molecule has 0 aliphatic heterocycles. The summed E-state index contributed by atoms with van der Waals surface area (Å²) in [7, 11) is 0. The monoisotopic (exact) mass is 342 g/mol. The second-order valence-corrected chi connectivity index (χ2v) is 6.52. The lowest BCUT2D eigenvalue weighted by molar-refractivity contribution is -0.119. The molecule has 5 heteroatoms. The lowest BCUT2D eigenvalue weighted by atomic mass is 10.1. The van der Waals surface area contributed by atoms with E-state index in [1.165, 1.54) is 28.5 Å². The van der Waals surface area contributed by atoms with Crippen molar-refractivity contribution >= 4 is 23.6 Å². The highest BCUT2D eigenvalue weighted by atomic mass is 32.2. The zero-order chi connectivity index (χ0) is 17.4. The van der Waals surface area contributed by atoms with E-state index in [0.717, 1.165) is 12.2 Å². The van der Waals surface area contributed by atoms with Crippen molar-refractivity contribution in [3.8, 4) is 0 Å². The van der Waals surface area contributed by atoms with Gasteiger partial charge in [0.2, 0.25) is 5.91 Å². The van der Waals surface area contributed by atoms with Gasteiger partial charge in [-0.25, -0.2) is 0 Å². The maximum absolute atomic E-state index is 11.9. The molecule has 126 valence electrons. The largest absolute Gasteiger partial charge is 0.272 e. The summed E-state index contributed by atoms with van der Waals surface area (Å²) in [6.07, 6.45) is 0.927. The number of amides is 2. The molecule has 0 fully saturated rings. The molecule has 2 aromatic carbocycles. The highest BCUT2D eigenvalue weighted by molar-refractivity contribution is 7.99. The number of benzene rings is 2. The zero-order valence-corrected chi connectivity index (χ0v) is 14.8. The van der Waals surface area contributed by atoms with Crippen molar-refractivity contribution in [3.05, 3.63) is 70.8 Å². The Morgan fingerprint density at radius 3 is 2.42 bits per heavy atom. The van der Waals surface area contributed by atoms with Gasteiger partial charge in [-0.1, -0.05) is 48.9 Å². The van der Waals surface area contributed by atoms with E-state index in [9.17, 15) is 9.59 Å². The lowest BCUT2D eigenvalue weighted by Gasteiger charge is -2.08. The van der Waals surface area contributed by atoms with Gasteiger partial charge >= 0.3 is 0 Å². The molecule has 0 bridgehead atoms. The van der Waals surface area contributed by atoms with Crippen LogP contribution in [-0.4, -0.2) is 17.6 Å². The molecule has 0 radical (unpaired) electrons. The second-order valence-electron chi connectivity index (χ2n) is 5.53. The summed E-state index contributed by atoms with van der Waals surface area (Å²) in [5.74, 6) is 0.533. The summed E-state index contributed by atoms with van der Waals surface area (Å²) < 4.78 is 0. The van der Waals surface area contributed by atoms with Gasteiger partial charge in [0.25, 0.3) is 5.91 Å². The summed E-state index contributed by atoms with van der Waals surface area (Å²) in [5.41, 5.74) is 8.98. The summed E-state index contributed by atoms with van der Waals surface area (Å²) in [5, 5.41) is 0. The van der Waals surface area contributed by atoms with Crippen LogP contribution in [0.2, 0.25) is 0 Å². The number of hydrazine groups is 1. The molecule has 0 heterocycles. The fourth-order valence-corrected chi connectivity index (χ4v) is 2.96. The van der Waals surface area contributed by atoms with Gasteiger partial charge in [-0.2, -0.15) is 0 Å². The minimum atomic E-state index is -0.310. The summed E-state index contributed by atoms with van der Waals surface area (Å²) in [4.78, 5) is 23.7. The Balaban J connectivity index is 1.71. The number of carbonyl (C=O) groups excluding carboxylic acids is 2. The van der Waals surface area contributed by atoms with Gasteiger partial charge in [-0.05, 0) is 36.6 Å². The van der Waals surface area contributed by atoms with Crippen LogP contribution in [0.25, 0.3) is 0 Å². The smallest absolute Gasteiger partial charge is 0.269 e. The van der Waals surface area contributed by atoms with E-state index in [-0.39, 0.29) is 11.8 Å². The number of aryl methyl sites for hydroxylation is 2. The van der Waals surface area contributed by atoms with E-state index in [0.29, 0.717) is 11.3 Å². The minimum absolute atomic E-state index is 0.216. The van der Waals surface area contributed by atoms with Crippen molar-refractivity contribution in [1.29, 1.82) is 0 Å². The van der Waals surface area contributed by atoms with E-state index in [4.69, 9.17) is 0 Å². The third kappa shape index (κ3) is 5.74. The topological polar surface area (TPSA) is 58.2 Å². The van der Waals surface area contributed by atoms with Gasteiger partial charge in [0, 0.05) is 11.3 Å². The molecule has 4 nitrogen and oxygen atoms in total. The fourth-order valence-electron chi connectivity index (χ4n) is 2.19. The van der Waals surface area contributed by atoms with E-state index in [2.05, 4.69) is 23.8 Å². The number of carbonyl (C=O) groups is 2. The van der Waals surface area contributed by atoms with Crippen LogP contribution in [0.1, 0.15) is 34.0 Å². The first kappa shape index (κ1) is 18.1. The molecular formula is C19H22N2O2S. The molecule has 0 aliphatic carbocycles. The predicted octanol–water partition coefficient (Wildman–Crippen LogP) is 3.25. The molecule has 0 aliphatic rings. The Hall–Kier alpha value is -2.27. The molecule has 0 atom stereocenters. The van der Waals surface area contributed by atoms with Crippen LogP contribution in [-0.2, 0) is 17.0 Å². The Kier molecular flexibility index (Phi) is 6.88. The van der Waals surface area contributed by atoms with Crippen LogP contribution in [0.4, 0.5) is 0 Å². The van der Waals surface area contributed by atoms with Gasteiger partial charge in [0.1, 0.15) is 0 Å². The number of hydrogen-bond acceptors (Lipinski definition) is 3. The van der Waals surface area contributed by atoms with Gasteiger partial charge in [-0.15, -0.1) is 11.8 Å². The Labute approximate surface area is 147 Å². The number of nitrogens with one attached hydrogen (secondary N) is 2. The molecule has 2 amide bonds. The van der Waals surface area contributed by atoms with Crippen LogP contribution in [0.15, 0.2) is 48.5 Å². The summed E-state index contributed by atoms with van der Waals surface area (Å²) in [6, 6.07) is 15.5. The second kappa shape index (κ2) is 9.13. The van der Waals surface area contributed by atoms with Crippen LogP contribution in [0, 0.1) is 6.92 Å². The molecule has 0 spiro atoms. The van der Waals surface area contributed by atoms with E-state index >= 15 is 0 Å². The highest BCUT2D eigenvalue weighted by Gasteiger charge is 2.07. The molecule has 0 unspecified atom stereocenters. The third-order valence-electron chi connectivity index (χ3n) is 3.52. The van der Waals surface area contributed by atoms with Crippen molar-refractivity contribution in [3.63, 3.8) is 0 Å². The Morgan fingerprint density at radius 2 is 1.75 bits per heavy atom. The van der Waals surface area contributed by atoms with Crippen LogP contribution >= 0.6 is 11.8 Å². The molecule has 2 N–H and O–H groups in total. The molecule has 2 rings (SSSR count). The fraction of sp³-hybridized carbons (Fsp3) is 0.263. The van der Waals surface area contributed by atoms with Crippen LogP contribution in [0.5, 0.6) is 0 Å². The molecular weight excluding hydrogens is 320 g/mol. The zero-order valence-electron chi connectivity index (χ0n) is 14.0. The van der Waals surface area contributed by atoms with E-state index in [1.54, 1.807) is 12.1 Å². The third-order valence-corrected chi connectivity index (χ3v) is 4.53. The average Bonchev–Trinajstić information content (AvgIpc) is 2.60. The van der Waals surface area contributed by atoms with Gasteiger partial charge in [-0.3, -0.25) is 20.4 Å². The first-order valence-electron chi connectivity index (χ1n) is 7.90. The van der Waals surface area contributed by atoms with Gasteiger partial charge < -0.3 is 0 Å². The minimum Gasteiger partial charge on any atom is -0.272 e. The van der Waals surface area contributed by atoms with Crippen molar-refractivity contribution < 1.29 is 9.59 Å². The molecule has 0 saturated heterocycles. The predicted molar refractivity (Wildman–Crippen MR) is 98.8 cm³/mol. The van der Waals surface area contributed by atoms with Crippen molar-refractivity contribution in [2.24, 2.45) is 0 Å². The maximum atomic E-state index is 11.9. The maximum Gasteiger partial charge on any atom is 0.269 e. The molecule has 2 aromatic rings. The van der Waals surface area contributed by atoms with Crippen LogP contribution in [0.3, 0.4) is 0 Å². The van der Waals surface area contributed by atoms with Gasteiger partial charge in [0.05, 0.1) is 5.75 Å². The highest BCUT2D eigenvalue weighted by Crippen LogP contribution is 2.13. The van der Waals surface area contributed by atoms with Crippen molar-refractivity contribution in [1.82, 2.24) is 10.9 Å². The molecule has 0 saturated carbocycles. The van der Waals surface area contributed by atoms with Crippen molar-refractivity contribution in [2.45, 2.75) is 26.0 Å². The molecule has 0 aromatic heterocycles. The summed E-state index contributed by atoms with van der Waals surface area (Å²) in [6.45, 7) is 4.10. The lowest BCUT2D eigenvalue weighted by Crippen LogP contribution is -2.42. The number of hydrogen-bond donors (Lipinski definition) is 2. The summed E-state index contributed by atoms with van der Waals surface area (Å²) >= 11 is 1.51. The molecule has 24 heavy (non-hydrogen) atoms. The first-order valence-corrected chi connectivity index (χ1v) is 9.05. The first-order chi connectivity index (χ1) is 11.6.